The van der Waals surface area contributed by atoms with E-state index in [1.165, 1.54) is 17.8 Å². The molecular formula is C15H18N4O3S. The van der Waals surface area contributed by atoms with Gasteiger partial charge in [-0.05, 0) is 25.0 Å². The van der Waals surface area contributed by atoms with E-state index in [-0.39, 0.29) is 10.8 Å². The molecule has 1 aliphatic heterocycles. The molecule has 2 heterocycles. The van der Waals surface area contributed by atoms with Crippen LogP contribution in [0.2, 0.25) is 0 Å². The predicted octanol–water partition coefficient (Wildman–Crippen LogP) is 1.44. The van der Waals surface area contributed by atoms with E-state index in [1.54, 1.807) is 31.0 Å². The Hall–Kier alpha value is -2.35. The van der Waals surface area contributed by atoms with Gasteiger partial charge in [-0.3, -0.25) is 14.2 Å². The molecule has 0 aliphatic carbocycles. The molecule has 7 nitrogen and oxygen atoms in total. The number of sulfonamides is 1. The van der Waals surface area contributed by atoms with E-state index in [1.807, 2.05) is 6.07 Å². The Bertz CT molecular complexity index is 886. The zero-order valence-corrected chi connectivity index (χ0v) is 14.0. The molecule has 0 fully saturated rings. The van der Waals surface area contributed by atoms with Crippen molar-refractivity contribution >= 4 is 27.3 Å². The summed E-state index contributed by atoms with van der Waals surface area (Å²) in [6, 6.07) is 5.37. The number of carbonyl (C=O) groups excluding carboxylic acids is 1. The number of para-hydroxylation sites is 1. The van der Waals surface area contributed by atoms with Gasteiger partial charge in [0, 0.05) is 20.5 Å². The first-order valence-corrected chi connectivity index (χ1v) is 8.71. The fraction of sp³-hybridized carbons (Fsp3) is 0.333. The summed E-state index contributed by atoms with van der Waals surface area (Å²) in [7, 11) is -2.08. The Labute approximate surface area is 135 Å². The Balaban J connectivity index is 2.03. The fourth-order valence-electron chi connectivity index (χ4n) is 2.80. The van der Waals surface area contributed by atoms with Crippen LogP contribution in [0.4, 0.5) is 11.4 Å². The van der Waals surface area contributed by atoms with Gasteiger partial charge >= 0.3 is 0 Å². The Morgan fingerprint density at radius 2 is 2.09 bits per heavy atom. The lowest BCUT2D eigenvalue weighted by Gasteiger charge is -2.19. The SMILES string of the molecule is CC(=O)N1CCc2cccc(NS(=O)(=O)c3cnn(C)c3C)c21. The summed E-state index contributed by atoms with van der Waals surface area (Å²) in [5.41, 5.74) is 2.57. The third-order valence-electron chi connectivity index (χ3n) is 4.10. The molecule has 0 atom stereocenters. The summed E-state index contributed by atoms with van der Waals surface area (Å²) in [5.74, 6) is -0.104. The first kappa shape index (κ1) is 15.5. The van der Waals surface area contributed by atoms with Gasteiger partial charge in [0.1, 0.15) is 4.90 Å². The molecule has 1 N–H and O–H groups in total. The molecule has 122 valence electrons. The van der Waals surface area contributed by atoms with Gasteiger partial charge in [0.25, 0.3) is 10.0 Å². The number of hydrogen-bond donors (Lipinski definition) is 1. The molecule has 1 aromatic heterocycles. The monoisotopic (exact) mass is 334 g/mol. The maximum absolute atomic E-state index is 12.6. The maximum atomic E-state index is 12.6. The van der Waals surface area contributed by atoms with Crippen molar-refractivity contribution in [1.29, 1.82) is 0 Å². The number of amides is 1. The first-order valence-electron chi connectivity index (χ1n) is 7.22. The summed E-state index contributed by atoms with van der Waals surface area (Å²) < 4.78 is 29.4. The van der Waals surface area contributed by atoms with E-state index < -0.39 is 10.0 Å². The number of rotatable bonds is 3. The van der Waals surface area contributed by atoms with Crippen LogP contribution in [0.3, 0.4) is 0 Å². The fourth-order valence-corrected chi connectivity index (χ4v) is 4.07. The molecule has 0 radical (unpaired) electrons. The minimum absolute atomic E-state index is 0.104. The van der Waals surface area contributed by atoms with E-state index >= 15 is 0 Å². The van der Waals surface area contributed by atoms with Gasteiger partial charge in [0.15, 0.2) is 0 Å². The van der Waals surface area contributed by atoms with Crippen LogP contribution in [-0.2, 0) is 28.3 Å². The number of nitrogens with zero attached hydrogens (tertiary/aromatic N) is 3. The van der Waals surface area contributed by atoms with Crippen LogP contribution in [0, 0.1) is 6.92 Å². The number of benzene rings is 1. The molecule has 0 bridgehead atoms. The second-order valence-electron chi connectivity index (χ2n) is 5.56. The zero-order chi connectivity index (χ0) is 16.8. The van der Waals surface area contributed by atoms with Crippen LogP contribution in [0.5, 0.6) is 0 Å². The van der Waals surface area contributed by atoms with Crippen molar-refractivity contribution in [3.8, 4) is 0 Å². The molecule has 2 aromatic rings. The average Bonchev–Trinajstić information content (AvgIpc) is 3.04. The third kappa shape index (κ3) is 2.59. The van der Waals surface area contributed by atoms with E-state index in [2.05, 4.69) is 9.82 Å². The minimum Gasteiger partial charge on any atom is -0.310 e. The van der Waals surface area contributed by atoms with Crippen LogP contribution < -0.4 is 9.62 Å². The predicted molar refractivity (Wildman–Crippen MR) is 86.9 cm³/mol. The zero-order valence-electron chi connectivity index (χ0n) is 13.2. The van der Waals surface area contributed by atoms with Crippen molar-refractivity contribution in [2.75, 3.05) is 16.2 Å². The molecule has 0 unspecified atom stereocenters. The normalized spacial score (nSPS) is 14.0. The standard InChI is InChI=1S/C15H18N4O3S/c1-10-14(9-16-18(10)3)23(21,22)17-13-6-4-5-12-7-8-19(11(2)20)15(12)13/h4-6,9,17H,7-8H2,1-3H3. The quantitative estimate of drug-likeness (QED) is 0.920. The molecule has 1 amide bonds. The van der Waals surface area contributed by atoms with Crippen LogP contribution >= 0.6 is 0 Å². The van der Waals surface area contributed by atoms with E-state index in [0.29, 0.717) is 23.6 Å². The number of nitrogens with one attached hydrogen (secondary N) is 1. The van der Waals surface area contributed by atoms with Crippen LogP contribution in [0.15, 0.2) is 29.3 Å². The van der Waals surface area contributed by atoms with Gasteiger partial charge in [-0.15, -0.1) is 0 Å². The van der Waals surface area contributed by atoms with Crippen LogP contribution in [-0.4, -0.2) is 30.7 Å². The van der Waals surface area contributed by atoms with Crippen LogP contribution in [0.1, 0.15) is 18.2 Å². The van der Waals surface area contributed by atoms with Crippen molar-refractivity contribution in [2.45, 2.75) is 25.2 Å². The largest absolute Gasteiger partial charge is 0.310 e. The topological polar surface area (TPSA) is 84.3 Å². The molecule has 1 aromatic carbocycles. The Morgan fingerprint density at radius 3 is 2.70 bits per heavy atom. The molecule has 23 heavy (non-hydrogen) atoms. The summed E-state index contributed by atoms with van der Waals surface area (Å²) in [5, 5.41) is 3.97. The smallest absolute Gasteiger partial charge is 0.265 e. The highest BCUT2D eigenvalue weighted by Gasteiger charge is 2.28. The summed E-state index contributed by atoms with van der Waals surface area (Å²) >= 11 is 0. The highest BCUT2D eigenvalue weighted by molar-refractivity contribution is 7.92. The van der Waals surface area contributed by atoms with E-state index in [4.69, 9.17) is 0 Å². The molecule has 3 rings (SSSR count). The second kappa shape index (κ2) is 5.38. The number of hydrogen-bond acceptors (Lipinski definition) is 4. The van der Waals surface area contributed by atoms with Crippen molar-refractivity contribution in [2.24, 2.45) is 7.05 Å². The lowest BCUT2D eigenvalue weighted by molar-refractivity contribution is -0.116. The van der Waals surface area contributed by atoms with Gasteiger partial charge in [-0.2, -0.15) is 5.10 Å². The Morgan fingerprint density at radius 1 is 1.35 bits per heavy atom. The maximum Gasteiger partial charge on any atom is 0.265 e. The molecule has 1 aliphatic rings. The number of aryl methyl sites for hydroxylation is 1. The van der Waals surface area contributed by atoms with Gasteiger partial charge in [-0.1, -0.05) is 12.1 Å². The summed E-state index contributed by atoms with van der Waals surface area (Å²) in [6.07, 6.45) is 2.04. The number of carbonyl (C=O) groups is 1. The molecule has 8 heteroatoms. The van der Waals surface area contributed by atoms with Gasteiger partial charge in [0.05, 0.1) is 23.3 Å². The number of fused-ring (bicyclic) bond motifs is 1. The summed E-state index contributed by atoms with van der Waals surface area (Å²) in [6.45, 7) is 3.74. The second-order valence-corrected chi connectivity index (χ2v) is 7.21. The minimum atomic E-state index is -3.77. The lowest BCUT2D eigenvalue weighted by Crippen LogP contribution is -2.27. The highest BCUT2D eigenvalue weighted by Crippen LogP contribution is 2.36. The first-order chi connectivity index (χ1) is 10.8. The third-order valence-corrected chi connectivity index (χ3v) is 5.57. The Kier molecular flexibility index (Phi) is 3.63. The van der Waals surface area contributed by atoms with E-state index in [0.717, 1.165) is 12.0 Å². The molecule has 0 saturated carbocycles. The van der Waals surface area contributed by atoms with Crippen molar-refractivity contribution in [3.05, 3.63) is 35.7 Å². The van der Waals surface area contributed by atoms with Gasteiger partial charge in [-0.25, -0.2) is 8.42 Å². The van der Waals surface area contributed by atoms with Gasteiger partial charge < -0.3 is 4.90 Å². The summed E-state index contributed by atoms with van der Waals surface area (Å²) in [4.78, 5) is 13.5. The molecule has 0 spiro atoms. The highest BCUT2D eigenvalue weighted by atomic mass is 32.2. The van der Waals surface area contributed by atoms with Crippen LogP contribution in [0.25, 0.3) is 0 Å². The van der Waals surface area contributed by atoms with Crippen molar-refractivity contribution < 1.29 is 13.2 Å². The lowest BCUT2D eigenvalue weighted by atomic mass is 10.1. The van der Waals surface area contributed by atoms with Crippen molar-refractivity contribution in [1.82, 2.24) is 9.78 Å². The van der Waals surface area contributed by atoms with Gasteiger partial charge in [0.2, 0.25) is 5.91 Å². The average molecular weight is 334 g/mol. The molecular weight excluding hydrogens is 316 g/mol. The number of aromatic nitrogens is 2. The molecule has 0 saturated heterocycles. The van der Waals surface area contributed by atoms with Crippen molar-refractivity contribution in [3.63, 3.8) is 0 Å². The number of anilines is 2. The van der Waals surface area contributed by atoms with E-state index in [9.17, 15) is 13.2 Å².